The Morgan fingerprint density at radius 1 is 1.18 bits per heavy atom. The van der Waals surface area contributed by atoms with Gasteiger partial charge in [0, 0.05) is 48.3 Å². The first-order chi connectivity index (χ1) is 16.7. The second-order valence-electron chi connectivity index (χ2n) is 8.62. The van der Waals surface area contributed by atoms with Crippen molar-refractivity contribution in [2.24, 2.45) is 5.73 Å². The molecule has 176 valence electrons. The molecule has 10 heteroatoms. The number of pyridine rings is 2. The molecule has 3 atom stereocenters. The fourth-order valence-corrected chi connectivity index (χ4v) is 4.79. The van der Waals surface area contributed by atoms with E-state index in [2.05, 4.69) is 38.3 Å². The third kappa shape index (κ3) is 3.80. The second-order valence-corrected chi connectivity index (χ2v) is 8.62. The van der Waals surface area contributed by atoms with Gasteiger partial charge in [-0.05, 0) is 31.2 Å². The van der Waals surface area contributed by atoms with E-state index >= 15 is 0 Å². The van der Waals surface area contributed by atoms with Gasteiger partial charge in [0.1, 0.15) is 23.8 Å². The molecule has 1 unspecified atom stereocenters. The summed E-state index contributed by atoms with van der Waals surface area (Å²) in [7, 11) is 0. The Morgan fingerprint density at radius 2 is 2.12 bits per heavy atom. The number of hydrogen-bond donors (Lipinski definition) is 4. The maximum atomic E-state index is 6.37. The van der Waals surface area contributed by atoms with Crippen molar-refractivity contribution in [2.45, 2.75) is 25.2 Å². The van der Waals surface area contributed by atoms with Crippen LogP contribution in [0.3, 0.4) is 0 Å². The van der Waals surface area contributed by atoms with Crippen molar-refractivity contribution in [3.63, 3.8) is 0 Å². The third-order valence-corrected chi connectivity index (χ3v) is 6.40. The minimum Gasteiger partial charge on any atom is -0.492 e. The van der Waals surface area contributed by atoms with Crippen LogP contribution in [-0.4, -0.2) is 59.5 Å². The summed E-state index contributed by atoms with van der Waals surface area (Å²) in [4.78, 5) is 11.2. The lowest BCUT2D eigenvalue weighted by atomic mass is 9.98. The molecule has 0 spiro atoms. The molecule has 2 aromatic rings. The highest BCUT2D eigenvalue weighted by molar-refractivity contribution is 5.83. The van der Waals surface area contributed by atoms with Gasteiger partial charge in [0.15, 0.2) is 0 Å². The van der Waals surface area contributed by atoms with Gasteiger partial charge in [-0.2, -0.15) is 0 Å². The molecule has 4 aliphatic heterocycles. The fourth-order valence-electron chi connectivity index (χ4n) is 4.79. The largest absolute Gasteiger partial charge is 0.492 e. The van der Waals surface area contributed by atoms with Gasteiger partial charge < -0.3 is 20.1 Å². The Morgan fingerprint density at radius 3 is 2.91 bits per heavy atom. The second kappa shape index (κ2) is 8.73. The van der Waals surface area contributed by atoms with Crippen LogP contribution in [0.2, 0.25) is 0 Å². The highest BCUT2D eigenvalue weighted by Gasteiger charge is 2.38. The Balaban J connectivity index is 1.23. The van der Waals surface area contributed by atoms with Crippen molar-refractivity contribution in [2.75, 3.05) is 31.1 Å². The average Bonchev–Trinajstić information content (AvgIpc) is 3.55. The van der Waals surface area contributed by atoms with Crippen molar-refractivity contribution in [3.05, 3.63) is 77.6 Å². The van der Waals surface area contributed by atoms with Crippen LogP contribution in [0.25, 0.3) is 5.57 Å². The normalized spacial score (nSPS) is 25.8. The van der Waals surface area contributed by atoms with Crippen LogP contribution in [0, 0.1) is 0 Å². The van der Waals surface area contributed by atoms with E-state index in [0.29, 0.717) is 25.6 Å². The number of nitrogens with one attached hydrogen (secondary N) is 3. The molecular weight excluding hydrogens is 432 g/mol. The number of aromatic nitrogens is 2. The van der Waals surface area contributed by atoms with E-state index < -0.39 is 0 Å². The van der Waals surface area contributed by atoms with Gasteiger partial charge in [0.2, 0.25) is 5.88 Å². The number of nitrogens with two attached hydrogens (primary N) is 1. The van der Waals surface area contributed by atoms with Crippen molar-refractivity contribution in [1.82, 2.24) is 31.3 Å². The summed E-state index contributed by atoms with van der Waals surface area (Å²) in [5.41, 5.74) is 20.8. The summed E-state index contributed by atoms with van der Waals surface area (Å²) >= 11 is 0. The molecule has 0 aliphatic carbocycles. The number of rotatable bonds is 6. The standard InChI is InChI=1S/C24H28N8O2/c1-2-33-16-9-17(23-18-11-28-29-24(18)30-32(23)12-16)15-6-7-21(27-10-15)31-13-19(25)20(14-31)34-22-5-3-4-8-26-22/h3-10,12,19-20,24,28-30H,2,11,13-14,25H2,1H3/t19-,20-,24?/m0/s1. The predicted octanol–water partition coefficient (Wildman–Crippen LogP) is 0.855. The molecule has 6 heterocycles. The molecule has 0 saturated carbocycles. The Bertz CT molecular complexity index is 1150. The maximum absolute atomic E-state index is 6.37. The molecule has 0 aromatic carbocycles. The van der Waals surface area contributed by atoms with Crippen molar-refractivity contribution in [1.29, 1.82) is 0 Å². The van der Waals surface area contributed by atoms with Gasteiger partial charge in [-0.15, -0.1) is 0 Å². The molecule has 10 nitrogen and oxygen atoms in total. The third-order valence-electron chi connectivity index (χ3n) is 6.40. The van der Waals surface area contributed by atoms with Crippen molar-refractivity contribution >= 4 is 11.4 Å². The smallest absolute Gasteiger partial charge is 0.213 e. The van der Waals surface area contributed by atoms with Gasteiger partial charge in [-0.3, -0.25) is 10.4 Å². The van der Waals surface area contributed by atoms with E-state index in [1.54, 1.807) is 6.20 Å². The molecule has 2 fully saturated rings. The molecule has 0 bridgehead atoms. The van der Waals surface area contributed by atoms with E-state index in [-0.39, 0.29) is 18.3 Å². The molecule has 0 amide bonds. The first kappa shape index (κ1) is 21.1. The molecule has 34 heavy (non-hydrogen) atoms. The van der Waals surface area contributed by atoms with Crippen LogP contribution >= 0.6 is 0 Å². The zero-order valence-electron chi connectivity index (χ0n) is 18.9. The van der Waals surface area contributed by atoms with Gasteiger partial charge in [0.05, 0.1) is 31.1 Å². The van der Waals surface area contributed by atoms with Crippen molar-refractivity contribution < 1.29 is 9.47 Å². The van der Waals surface area contributed by atoms with Crippen LogP contribution < -0.4 is 31.6 Å². The summed E-state index contributed by atoms with van der Waals surface area (Å²) in [6.45, 7) is 4.70. The summed E-state index contributed by atoms with van der Waals surface area (Å²) in [5.74, 6) is 2.28. The van der Waals surface area contributed by atoms with Gasteiger partial charge in [-0.25, -0.2) is 20.8 Å². The zero-order chi connectivity index (χ0) is 23.1. The summed E-state index contributed by atoms with van der Waals surface area (Å²) < 4.78 is 11.8. The van der Waals surface area contributed by atoms with Gasteiger partial charge in [-0.1, -0.05) is 6.07 Å². The number of fused-ring (bicyclic) bond motifs is 2. The molecule has 6 rings (SSSR count). The van der Waals surface area contributed by atoms with Crippen LogP contribution in [0.4, 0.5) is 5.82 Å². The summed E-state index contributed by atoms with van der Waals surface area (Å²) in [6, 6.07) is 9.66. The van der Waals surface area contributed by atoms with Crippen LogP contribution in [0.15, 0.2) is 72.0 Å². The van der Waals surface area contributed by atoms with Crippen molar-refractivity contribution in [3.8, 4) is 5.88 Å². The first-order valence-corrected chi connectivity index (χ1v) is 11.6. The molecule has 2 aromatic heterocycles. The number of ether oxygens (including phenoxy) is 2. The lowest BCUT2D eigenvalue weighted by Crippen LogP contribution is -2.44. The fraction of sp³-hybridized carbons (Fsp3) is 0.333. The Kier molecular flexibility index (Phi) is 5.42. The predicted molar refractivity (Wildman–Crippen MR) is 128 cm³/mol. The average molecular weight is 461 g/mol. The summed E-state index contributed by atoms with van der Waals surface area (Å²) in [5, 5.41) is 2.04. The minimum absolute atomic E-state index is 0.0602. The Hall–Kier alpha value is -3.44. The highest BCUT2D eigenvalue weighted by Crippen LogP contribution is 2.38. The lowest BCUT2D eigenvalue weighted by molar-refractivity contribution is 0.198. The van der Waals surface area contributed by atoms with E-state index in [4.69, 9.17) is 20.2 Å². The molecular formula is C24H28N8O2. The van der Waals surface area contributed by atoms with Gasteiger partial charge in [0.25, 0.3) is 0 Å². The number of hydrogen-bond acceptors (Lipinski definition) is 10. The van der Waals surface area contributed by atoms with E-state index in [1.165, 1.54) is 5.57 Å². The SMILES string of the molecule is CCOC1=CN2NC3NNCC3=C2C(c2ccc(N3C[C@H](Oc4ccccn4)[C@@H](N)C3)nc2)=C1. The maximum Gasteiger partial charge on any atom is 0.213 e. The van der Waals surface area contributed by atoms with Crippen LogP contribution in [-0.2, 0) is 4.74 Å². The topological polar surface area (TPSA) is 113 Å². The minimum atomic E-state index is -0.138. The number of allylic oxidation sites excluding steroid dienone is 2. The first-order valence-electron chi connectivity index (χ1n) is 11.6. The van der Waals surface area contributed by atoms with E-state index in [1.807, 2.05) is 48.6 Å². The lowest BCUT2D eigenvalue weighted by Gasteiger charge is -2.27. The van der Waals surface area contributed by atoms with E-state index in [9.17, 15) is 0 Å². The number of nitrogens with zero attached hydrogens (tertiary/aromatic N) is 4. The molecule has 4 aliphatic rings. The summed E-state index contributed by atoms with van der Waals surface area (Å²) in [6.07, 6.45) is 7.64. The number of anilines is 1. The molecule has 0 radical (unpaired) electrons. The Labute approximate surface area is 198 Å². The van der Waals surface area contributed by atoms with Crippen LogP contribution in [0.1, 0.15) is 12.5 Å². The highest BCUT2D eigenvalue weighted by atomic mass is 16.5. The zero-order valence-corrected chi connectivity index (χ0v) is 18.9. The van der Waals surface area contributed by atoms with Gasteiger partial charge >= 0.3 is 0 Å². The number of hydrazine groups is 2. The quantitative estimate of drug-likeness (QED) is 0.495. The molecule has 2 saturated heterocycles. The van der Waals surface area contributed by atoms with E-state index in [0.717, 1.165) is 35.0 Å². The molecule has 5 N–H and O–H groups in total. The monoisotopic (exact) mass is 460 g/mol. The van der Waals surface area contributed by atoms with Crippen LogP contribution in [0.5, 0.6) is 5.88 Å².